The minimum atomic E-state index is -6.91. The lowest BCUT2D eigenvalue weighted by atomic mass is 10.3. The van der Waals surface area contributed by atoms with Crippen LogP contribution in [0.2, 0.25) is 0 Å². The number of allylic oxidation sites excluding steroid dienone is 1. The van der Waals surface area contributed by atoms with Crippen molar-refractivity contribution in [2.45, 2.75) is 18.3 Å². The Balaban J connectivity index is 6.90. The van der Waals surface area contributed by atoms with Crippen LogP contribution in [0.4, 0.5) is 65.9 Å². The molecule has 146 valence electrons. The lowest BCUT2D eigenvalue weighted by Crippen LogP contribution is -2.53. The maximum atomic E-state index is 13.1. The van der Waals surface area contributed by atoms with Crippen molar-refractivity contribution in [1.82, 2.24) is 4.90 Å². The quantitative estimate of drug-likeness (QED) is 0.382. The van der Waals surface area contributed by atoms with Crippen LogP contribution < -0.4 is 0 Å². The van der Waals surface area contributed by atoms with Crippen molar-refractivity contribution in [3.63, 3.8) is 0 Å². The summed E-state index contributed by atoms with van der Waals surface area (Å²) in [7, 11) is 0. The number of hydrogen-bond acceptors (Lipinski definition) is 1. The molecule has 0 heterocycles. The smallest absolute Gasteiger partial charge is 0.213 e. The standard InChI is InChI=1S/C9F15N/c10-1(4(13)14)8(21,22)25(6(17)3(12)7(18,19)20)9(23,24)2(11)5(15)16. The van der Waals surface area contributed by atoms with Crippen molar-refractivity contribution in [2.24, 2.45) is 0 Å². The fourth-order valence-corrected chi connectivity index (χ4v) is 1.06. The minimum absolute atomic E-state index is 3.48. The highest BCUT2D eigenvalue weighted by Gasteiger charge is 2.63. The van der Waals surface area contributed by atoms with Gasteiger partial charge in [-0.25, -0.2) is 4.90 Å². The van der Waals surface area contributed by atoms with Crippen LogP contribution in [0.15, 0.2) is 35.6 Å². The van der Waals surface area contributed by atoms with E-state index in [1.54, 1.807) is 0 Å². The molecule has 0 spiro atoms. The normalized spacial score (nSPS) is 14.0. The lowest BCUT2D eigenvalue weighted by molar-refractivity contribution is -0.250. The van der Waals surface area contributed by atoms with Crippen molar-refractivity contribution in [3.05, 3.63) is 35.6 Å². The zero-order valence-corrected chi connectivity index (χ0v) is 10.6. The second-order valence-electron chi connectivity index (χ2n) is 3.67. The predicted octanol–water partition coefficient (Wildman–Crippen LogP) is 6.30. The van der Waals surface area contributed by atoms with Gasteiger partial charge in [0.1, 0.15) is 0 Å². The first-order chi connectivity index (χ1) is 10.9. The van der Waals surface area contributed by atoms with Crippen molar-refractivity contribution < 1.29 is 65.9 Å². The molecule has 0 aliphatic carbocycles. The summed E-state index contributed by atoms with van der Waals surface area (Å²) in [5, 5.41) is 0. The summed E-state index contributed by atoms with van der Waals surface area (Å²) in [5.41, 5.74) is 0. The molecule has 1 nitrogen and oxygen atoms in total. The second kappa shape index (κ2) is 7.07. The summed E-state index contributed by atoms with van der Waals surface area (Å²) in [5.74, 6) is -17.8. The van der Waals surface area contributed by atoms with Crippen LogP contribution in [-0.4, -0.2) is 23.2 Å². The molecular weight excluding hydrogens is 407 g/mol. The highest BCUT2D eigenvalue weighted by molar-refractivity contribution is 5.19. The number of nitrogens with zero attached hydrogens (tertiary/aromatic N) is 1. The number of alkyl halides is 7. The molecular formula is C9F15N. The van der Waals surface area contributed by atoms with Crippen LogP contribution in [0, 0.1) is 0 Å². The van der Waals surface area contributed by atoms with Gasteiger partial charge in [0.15, 0.2) is 0 Å². The molecule has 0 fully saturated rings. The monoisotopic (exact) mass is 407 g/mol. The van der Waals surface area contributed by atoms with Gasteiger partial charge in [0.25, 0.3) is 17.5 Å². The van der Waals surface area contributed by atoms with E-state index in [4.69, 9.17) is 0 Å². The summed E-state index contributed by atoms with van der Waals surface area (Å²) in [6.07, 6.45) is -15.1. The molecule has 0 aromatic carbocycles. The largest absolute Gasteiger partial charge is 0.447 e. The minimum Gasteiger partial charge on any atom is -0.213 e. The molecule has 0 N–H and O–H groups in total. The van der Waals surface area contributed by atoms with Gasteiger partial charge in [-0.3, -0.25) is 0 Å². The van der Waals surface area contributed by atoms with E-state index in [1.165, 1.54) is 0 Å². The van der Waals surface area contributed by atoms with Crippen LogP contribution in [0.25, 0.3) is 0 Å². The summed E-state index contributed by atoms with van der Waals surface area (Å²) < 4.78 is 186. The highest BCUT2D eigenvalue weighted by atomic mass is 19.4. The van der Waals surface area contributed by atoms with Gasteiger partial charge >= 0.3 is 30.4 Å². The maximum absolute atomic E-state index is 13.1. The average molecular weight is 407 g/mol. The zero-order valence-electron chi connectivity index (χ0n) is 10.6. The fourth-order valence-electron chi connectivity index (χ4n) is 1.06. The van der Waals surface area contributed by atoms with Crippen LogP contribution in [-0.2, 0) is 0 Å². The van der Waals surface area contributed by atoms with Gasteiger partial charge in [-0.2, -0.15) is 65.9 Å². The molecule has 0 atom stereocenters. The van der Waals surface area contributed by atoms with Crippen molar-refractivity contribution in [3.8, 4) is 0 Å². The summed E-state index contributed by atoms with van der Waals surface area (Å²) in [4.78, 5) is -3.48. The van der Waals surface area contributed by atoms with E-state index in [9.17, 15) is 65.9 Å². The molecule has 0 aliphatic rings. The highest BCUT2D eigenvalue weighted by Crippen LogP contribution is 2.48. The van der Waals surface area contributed by atoms with Gasteiger partial charge < -0.3 is 0 Å². The van der Waals surface area contributed by atoms with Gasteiger partial charge in [0.05, 0.1) is 0 Å². The average Bonchev–Trinajstić information content (AvgIpc) is 2.42. The first-order valence-electron chi connectivity index (χ1n) is 5.01. The molecule has 0 unspecified atom stereocenters. The molecule has 0 aromatic rings. The van der Waals surface area contributed by atoms with Crippen LogP contribution >= 0.6 is 0 Å². The van der Waals surface area contributed by atoms with Gasteiger partial charge in [-0.1, -0.05) is 0 Å². The molecule has 0 aliphatic heterocycles. The summed E-state index contributed by atoms with van der Waals surface area (Å²) >= 11 is 0. The summed E-state index contributed by atoms with van der Waals surface area (Å²) in [6, 6.07) is -13.8. The first kappa shape index (κ1) is 23.0. The van der Waals surface area contributed by atoms with Crippen molar-refractivity contribution >= 4 is 0 Å². The zero-order chi connectivity index (χ0) is 20.5. The molecule has 0 rings (SSSR count). The maximum Gasteiger partial charge on any atom is 0.447 e. The van der Waals surface area contributed by atoms with Gasteiger partial charge in [-0.05, 0) is 0 Å². The Morgan fingerprint density at radius 2 is 0.760 bits per heavy atom. The number of hydrogen-bond donors (Lipinski definition) is 0. The molecule has 0 saturated heterocycles. The van der Waals surface area contributed by atoms with E-state index in [0.717, 1.165) is 0 Å². The predicted molar refractivity (Wildman–Crippen MR) is 47.7 cm³/mol. The topological polar surface area (TPSA) is 3.24 Å². The van der Waals surface area contributed by atoms with Gasteiger partial charge in [0.2, 0.25) is 5.95 Å². The van der Waals surface area contributed by atoms with Crippen LogP contribution in [0.5, 0.6) is 0 Å². The van der Waals surface area contributed by atoms with Gasteiger partial charge in [-0.15, -0.1) is 0 Å². The van der Waals surface area contributed by atoms with E-state index in [2.05, 4.69) is 0 Å². The third-order valence-corrected chi connectivity index (χ3v) is 2.05. The molecule has 0 amide bonds. The van der Waals surface area contributed by atoms with E-state index in [1.807, 2.05) is 0 Å². The third kappa shape index (κ3) is 4.53. The van der Waals surface area contributed by atoms with E-state index in [0.29, 0.717) is 0 Å². The Hall–Kier alpha value is -2.03. The van der Waals surface area contributed by atoms with Gasteiger partial charge in [0, 0.05) is 0 Å². The third-order valence-electron chi connectivity index (χ3n) is 2.05. The first-order valence-corrected chi connectivity index (χ1v) is 5.01. The fraction of sp³-hybridized carbons (Fsp3) is 0.333. The molecule has 0 radical (unpaired) electrons. The molecule has 0 aromatic heterocycles. The Morgan fingerprint density at radius 3 is 0.960 bits per heavy atom. The Bertz CT molecular complexity index is 565. The number of halogens is 15. The molecule has 16 heteroatoms. The van der Waals surface area contributed by atoms with E-state index in [-0.39, 0.29) is 0 Å². The second-order valence-corrected chi connectivity index (χ2v) is 3.67. The molecule has 25 heavy (non-hydrogen) atoms. The van der Waals surface area contributed by atoms with Crippen molar-refractivity contribution in [1.29, 1.82) is 0 Å². The SMILES string of the molecule is FC(F)=C(F)C(F)(F)N(C(F)=C(F)C(F)(F)F)C(F)(F)C(F)=C(F)F. The van der Waals surface area contributed by atoms with E-state index < -0.39 is 58.8 Å². The Kier molecular flexibility index (Phi) is 6.49. The van der Waals surface area contributed by atoms with Crippen molar-refractivity contribution in [2.75, 3.05) is 0 Å². The van der Waals surface area contributed by atoms with Crippen LogP contribution in [0.1, 0.15) is 0 Å². The lowest BCUT2D eigenvalue weighted by Gasteiger charge is -2.34. The molecule has 0 bridgehead atoms. The Morgan fingerprint density at radius 1 is 0.480 bits per heavy atom. The van der Waals surface area contributed by atoms with E-state index >= 15 is 0 Å². The van der Waals surface area contributed by atoms with Crippen LogP contribution in [0.3, 0.4) is 0 Å². The number of rotatable bonds is 5. The summed E-state index contributed by atoms with van der Waals surface area (Å²) in [6.45, 7) is 0. The molecule has 0 saturated carbocycles. The Labute approximate surface area is 126 Å².